The highest BCUT2D eigenvalue weighted by molar-refractivity contribution is 7.80. The standard InChI is InChI=1S/C14H20N2OS/c1-9-3-4-12(11(7-9)14(15)18)16-6-5-10(2)13(17)8-16/h3-4,7,10,13,17H,5-6,8H2,1-2H3,(H2,15,18). The van der Waals surface area contributed by atoms with Crippen LogP contribution in [0.1, 0.15) is 24.5 Å². The van der Waals surface area contributed by atoms with Gasteiger partial charge in [0.1, 0.15) is 4.99 Å². The lowest BCUT2D eigenvalue weighted by Gasteiger charge is -2.36. The highest BCUT2D eigenvalue weighted by Gasteiger charge is 2.25. The zero-order valence-electron chi connectivity index (χ0n) is 10.9. The van der Waals surface area contributed by atoms with Gasteiger partial charge in [-0.05, 0) is 31.4 Å². The summed E-state index contributed by atoms with van der Waals surface area (Å²) in [6, 6.07) is 6.12. The number of anilines is 1. The molecule has 0 spiro atoms. The molecule has 3 N–H and O–H groups in total. The van der Waals surface area contributed by atoms with Gasteiger partial charge in [0.15, 0.2) is 0 Å². The average Bonchev–Trinajstić information content (AvgIpc) is 2.32. The average molecular weight is 264 g/mol. The van der Waals surface area contributed by atoms with E-state index in [2.05, 4.69) is 17.9 Å². The smallest absolute Gasteiger partial charge is 0.106 e. The summed E-state index contributed by atoms with van der Waals surface area (Å²) in [5, 5.41) is 9.99. The fraction of sp³-hybridized carbons (Fsp3) is 0.500. The summed E-state index contributed by atoms with van der Waals surface area (Å²) in [5.74, 6) is 0.361. The lowest BCUT2D eigenvalue weighted by molar-refractivity contribution is 0.103. The second kappa shape index (κ2) is 5.24. The molecule has 1 heterocycles. The van der Waals surface area contributed by atoms with Gasteiger partial charge in [-0.15, -0.1) is 0 Å². The molecule has 1 aliphatic heterocycles. The Morgan fingerprint density at radius 1 is 1.50 bits per heavy atom. The second-order valence-corrected chi connectivity index (χ2v) is 5.60. The maximum Gasteiger partial charge on any atom is 0.106 e. The van der Waals surface area contributed by atoms with Crippen molar-refractivity contribution in [1.82, 2.24) is 0 Å². The Kier molecular flexibility index (Phi) is 3.88. The summed E-state index contributed by atoms with van der Waals surface area (Å²) in [6.07, 6.45) is 0.713. The summed E-state index contributed by atoms with van der Waals surface area (Å²) in [7, 11) is 0. The predicted molar refractivity (Wildman–Crippen MR) is 79.1 cm³/mol. The molecule has 0 aromatic heterocycles. The number of nitrogens with two attached hydrogens (primary N) is 1. The van der Waals surface area contributed by atoms with E-state index in [0.29, 0.717) is 17.5 Å². The van der Waals surface area contributed by atoms with Crippen molar-refractivity contribution >= 4 is 22.9 Å². The van der Waals surface area contributed by atoms with Crippen LogP contribution in [-0.2, 0) is 0 Å². The van der Waals surface area contributed by atoms with Crippen LogP contribution in [0, 0.1) is 12.8 Å². The maximum absolute atomic E-state index is 9.99. The molecule has 1 saturated heterocycles. The summed E-state index contributed by atoms with van der Waals surface area (Å²) in [6.45, 7) is 5.71. The summed E-state index contributed by atoms with van der Waals surface area (Å²) in [4.78, 5) is 2.60. The van der Waals surface area contributed by atoms with Crippen LogP contribution in [0.4, 0.5) is 5.69 Å². The summed E-state index contributed by atoms with van der Waals surface area (Å²) < 4.78 is 0. The molecule has 18 heavy (non-hydrogen) atoms. The van der Waals surface area contributed by atoms with E-state index >= 15 is 0 Å². The third kappa shape index (κ3) is 2.65. The van der Waals surface area contributed by atoms with Crippen LogP contribution in [0.3, 0.4) is 0 Å². The Balaban J connectivity index is 2.30. The minimum atomic E-state index is -0.278. The fourth-order valence-corrected chi connectivity index (χ4v) is 2.55. The highest BCUT2D eigenvalue weighted by Crippen LogP contribution is 2.27. The van der Waals surface area contributed by atoms with Crippen LogP contribution in [0.15, 0.2) is 18.2 Å². The number of piperidine rings is 1. The van der Waals surface area contributed by atoms with Crippen LogP contribution in [0.2, 0.25) is 0 Å². The van der Waals surface area contributed by atoms with Crippen molar-refractivity contribution in [2.45, 2.75) is 26.4 Å². The van der Waals surface area contributed by atoms with E-state index in [1.54, 1.807) is 0 Å². The molecule has 1 fully saturated rings. The number of aryl methyl sites for hydroxylation is 1. The molecular weight excluding hydrogens is 244 g/mol. The molecule has 1 aromatic carbocycles. The van der Waals surface area contributed by atoms with Crippen molar-refractivity contribution in [1.29, 1.82) is 0 Å². The molecule has 3 nitrogen and oxygen atoms in total. The number of aliphatic hydroxyl groups excluding tert-OH is 1. The normalized spacial score (nSPS) is 24.1. The first kappa shape index (κ1) is 13.3. The molecule has 4 heteroatoms. The number of aliphatic hydroxyl groups is 1. The van der Waals surface area contributed by atoms with Gasteiger partial charge in [-0.2, -0.15) is 0 Å². The topological polar surface area (TPSA) is 49.5 Å². The highest BCUT2D eigenvalue weighted by atomic mass is 32.1. The van der Waals surface area contributed by atoms with Gasteiger partial charge in [0.25, 0.3) is 0 Å². The first-order chi connectivity index (χ1) is 8.49. The minimum absolute atomic E-state index is 0.278. The van der Waals surface area contributed by atoms with E-state index in [1.807, 2.05) is 19.1 Å². The quantitative estimate of drug-likeness (QED) is 0.800. The third-order valence-electron chi connectivity index (χ3n) is 3.68. The molecule has 2 rings (SSSR count). The monoisotopic (exact) mass is 264 g/mol. The van der Waals surface area contributed by atoms with E-state index in [0.717, 1.165) is 29.8 Å². The van der Waals surface area contributed by atoms with Crippen LogP contribution in [-0.4, -0.2) is 29.3 Å². The van der Waals surface area contributed by atoms with Gasteiger partial charge >= 0.3 is 0 Å². The Hall–Kier alpha value is -1.13. The van der Waals surface area contributed by atoms with Crippen molar-refractivity contribution < 1.29 is 5.11 Å². The van der Waals surface area contributed by atoms with Crippen LogP contribution in [0.25, 0.3) is 0 Å². The number of β-amino-alcohol motifs (C(OH)–C–C–N with tert-alkyl or cyclic N) is 1. The summed E-state index contributed by atoms with van der Waals surface area (Å²) in [5.41, 5.74) is 8.89. The Morgan fingerprint density at radius 2 is 2.22 bits per heavy atom. The largest absolute Gasteiger partial charge is 0.391 e. The molecule has 0 aliphatic carbocycles. The van der Waals surface area contributed by atoms with Gasteiger partial charge < -0.3 is 15.7 Å². The Morgan fingerprint density at radius 3 is 2.83 bits per heavy atom. The van der Waals surface area contributed by atoms with E-state index in [1.165, 1.54) is 0 Å². The van der Waals surface area contributed by atoms with Crippen molar-refractivity contribution in [2.75, 3.05) is 18.0 Å². The lowest BCUT2D eigenvalue weighted by atomic mass is 9.95. The lowest BCUT2D eigenvalue weighted by Crippen LogP contribution is -2.43. The molecular formula is C14H20N2OS. The van der Waals surface area contributed by atoms with E-state index in [4.69, 9.17) is 18.0 Å². The minimum Gasteiger partial charge on any atom is -0.391 e. The van der Waals surface area contributed by atoms with Gasteiger partial charge in [0.2, 0.25) is 0 Å². The molecule has 2 unspecified atom stereocenters. The molecule has 0 radical (unpaired) electrons. The fourth-order valence-electron chi connectivity index (χ4n) is 2.39. The third-order valence-corrected chi connectivity index (χ3v) is 3.90. The molecule has 98 valence electrons. The SMILES string of the molecule is Cc1ccc(N2CCC(C)C(O)C2)c(C(N)=S)c1. The van der Waals surface area contributed by atoms with Gasteiger partial charge in [-0.3, -0.25) is 0 Å². The van der Waals surface area contributed by atoms with E-state index in [-0.39, 0.29) is 6.10 Å². The molecule has 0 amide bonds. The van der Waals surface area contributed by atoms with Crippen molar-refractivity contribution in [3.05, 3.63) is 29.3 Å². The number of hydrogen-bond acceptors (Lipinski definition) is 3. The molecule has 1 aliphatic rings. The number of benzene rings is 1. The first-order valence-corrected chi connectivity index (χ1v) is 6.73. The number of rotatable bonds is 2. The van der Waals surface area contributed by atoms with Crippen LogP contribution >= 0.6 is 12.2 Å². The molecule has 0 bridgehead atoms. The van der Waals surface area contributed by atoms with Gasteiger partial charge in [0.05, 0.1) is 6.10 Å². The number of nitrogens with zero attached hydrogens (tertiary/aromatic N) is 1. The first-order valence-electron chi connectivity index (χ1n) is 6.32. The van der Waals surface area contributed by atoms with E-state index < -0.39 is 0 Å². The number of thiocarbonyl (C=S) groups is 1. The molecule has 2 atom stereocenters. The van der Waals surface area contributed by atoms with Crippen molar-refractivity contribution in [3.63, 3.8) is 0 Å². The van der Waals surface area contributed by atoms with Gasteiger partial charge in [-0.1, -0.05) is 30.8 Å². The molecule has 1 aromatic rings. The summed E-state index contributed by atoms with van der Waals surface area (Å²) >= 11 is 5.12. The molecule has 0 saturated carbocycles. The van der Waals surface area contributed by atoms with Gasteiger partial charge in [0, 0.05) is 24.3 Å². The Labute approximate surface area is 114 Å². The zero-order chi connectivity index (χ0) is 13.3. The van der Waals surface area contributed by atoms with E-state index in [9.17, 15) is 5.11 Å². The van der Waals surface area contributed by atoms with Crippen molar-refractivity contribution in [2.24, 2.45) is 11.7 Å². The predicted octanol–water partition coefficient (Wildman–Crippen LogP) is 1.84. The number of hydrogen-bond donors (Lipinski definition) is 2. The second-order valence-electron chi connectivity index (χ2n) is 5.16. The van der Waals surface area contributed by atoms with Gasteiger partial charge in [-0.25, -0.2) is 0 Å². The zero-order valence-corrected chi connectivity index (χ0v) is 11.7. The van der Waals surface area contributed by atoms with Crippen LogP contribution < -0.4 is 10.6 Å². The Bertz CT molecular complexity index is 461. The van der Waals surface area contributed by atoms with Crippen LogP contribution in [0.5, 0.6) is 0 Å². The van der Waals surface area contributed by atoms with Crippen molar-refractivity contribution in [3.8, 4) is 0 Å². The maximum atomic E-state index is 9.99.